The summed E-state index contributed by atoms with van der Waals surface area (Å²) in [7, 11) is 0. The van der Waals surface area contributed by atoms with Gasteiger partial charge in [0.1, 0.15) is 5.82 Å². The van der Waals surface area contributed by atoms with Crippen molar-refractivity contribution in [2.24, 2.45) is 0 Å². The van der Waals surface area contributed by atoms with Crippen LogP contribution in [0, 0.1) is 5.82 Å². The average Bonchev–Trinajstić information content (AvgIpc) is 2.76. The lowest BCUT2D eigenvalue weighted by atomic mass is 10.0. The summed E-state index contributed by atoms with van der Waals surface area (Å²) in [6.45, 7) is 5.82. The Morgan fingerprint density at radius 1 is 1.00 bits per heavy atom. The molecule has 7 heteroatoms. The number of carbonyl (C=O) groups excluding carboxylic acids is 2. The van der Waals surface area contributed by atoms with E-state index in [0.29, 0.717) is 24.7 Å². The van der Waals surface area contributed by atoms with Crippen molar-refractivity contribution in [3.05, 3.63) is 30.1 Å². The van der Waals surface area contributed by atoms with E-state index in [1.54, 1.807) is 11.0 Å². The largest absolute Gasteiger partial charge is 0.367 e. The molecule has 0 saturated carbocycles. The zero-order chi connectivity index (χ0) is 20.2. The minimum atomic E-state index is -0.164. The Labute approximate surface area is 172 Å². The molecule has 0 bridgehead atoms. The van der Waals surface area contributed by atoms with Gasteiger partial charge in [-0.15, -0.1) is 0 Å². The van der Waals surface area contributed by atoms with Crippen LogP contribution in [0.4, 0.5) is 10.1 Å². The predicted molar refractivity (Wildman–Crippen MR) is 110 cm³/mol. The summed E-state index contributed by atoms with van der Waals surface area (Å²) in [5.74, 6) is 0.0278. The summed E-state index contributed by atoms with van der Waals surface area (Å²) in [5.41, 5.74) is 0.679. The molecule has 158 valence electrons. The van der Waals surface area contributed by atoms with Crippen LogP contribution in [0.25, 0.3) is 0 Å². The molecule has 1 aromatic carbocycles. The van der Waals surface area contributed by atoms with Crippen molar-refractivity contribution in [1.29, 1.82) is 0 Å². The van der Waals surface area contributed by atoms with E-state index in [1.165, 1.54) is 6.07 Å². The molecule has 1 atom stereocenters. The van der Waals surface area contributed by atoms with Crippen molar-refractivity contribution >= 4 is 17.5 Å². The van der Waals surface area contributed by atoms with Crippen molar-refractivity contribution in [2.75, 3.05) is 57.3 Å². The number of amides is 2. The number of para-hydroxylation sites is 1. The molecule has 6 nitrogen and oxygen atoms in total. The molecule has 3 aliphatic heterocycles. The zero-order valence-corrected chi connectivity index (χ0v) is 17.1. The van der Waals surface area contributed by atoms with Crippen molar-refractivity contribution in [3.8, 4) is 0 Å². The van der Waals surface area contributed by atoms with Crippen LogP contribution >= 0.6 is 0 Å². The lowest BCUT2D eigenvalue weighted by Crippen LogP contribution is -2.57. The highest BCUT2D eigenvalue weighted by atomic mass is 19.1. The molecule has 0 radical (unpaired) electrons. The molecule has 29 heavy (non-hydrogen) atoms. The molecule has 3 aliphatic rings. The number of piperazine rings is 1. The van der Waals surface area contributed by atoms with Crippen LogP contribution in [-0.4, -0.2) is 84.9 Å². The maximum Gasteiger partial charge on any atom is 0.242 e. The quantitative estimate of drug-likeness (QED) is 0.773. The first-order valence-corrected chi connectivity index (χ1v) is 10.9. The van der Waals surface area contributed by atoms with E-state index in [9.17, 15) is 14.0 Å². The van der Waals surface area contributed by atoms with E-state index in [2.05, 4.69) is 9.80 Å². The van der Waals surface area contributed by atoms with Gasteiger partial charge in [-0.1, -0.05) is 12.1 Å². The fourth-order valence-electron chi connectivity index (χ4n) is 4.81. The Balaban J connectivity index is 1.29. The van der Waals surface area contributed by atoms with Gasteiger partial charge in [-0.3, -0.25) is 14.5 Å². The van der Waals surface area contributed by atoms with Crippen LogP contribution in [0.3, 0.4) is 0 Å². The Morgan fingerprint density at radius 3 is 2.55 bits per heavy atom. The van der Waals surface area contributed by atoms with Crippen LogP contribution in [-0.2, 0) is 9.59 Å². The highest BCUT2D eigenvalue weighted by Crippen LogP contribution is 2.23. The molecule has 0 N–H and O–H groups in total. The third kappa shape index (κ3) is 4.71. The number of halogens is 1. The Kier molecular flexibility index (Phi) is 6.33. The fourth-order valence-corrected chi connectivity index (χ4v) is 4.81. The second kappa shape index (κ2) is 9.11. The van der Waals surface area contributed by atoms with Crippen LogP contribution in [0.1, 0.15) is 32.1 Å². The van der Waals surface area contributed by atoms with E-state index in [1.807, 2.05) is 17.0 Å². The highest BCUT2D eigenvalue weighted by molar-refractivity contribution is 5.85. The molecule has 3 fully saturated rings. The van der Waals surface area contributed by atoms with Gasteiger partial charge in [0.2, 0.25) is 11.8 Å². The van der Waals surface area contributed by atoms with E-state index in [0.717, 1.165) is 65.0 Å². The number of carbonyl (C=O) groups is 2. The van der Waals surface area contributed by atoms with Gasteiger partial charge in [-0.05, 0) is 37.8 Å². The third-order valence-electron chi connectivity index (χ3n) is 6.52. The molecular weight excluding hydrogens is 371 g/mol. The van der Waals surface area contributed by atoms with Gasteiger partial charge < -0.3 is 14.7 Å². The molecule has 0 aromatic heterocycles. The van der Waals surface area contributed by atoms with Crippen LogP contribution in [0.2, 0.25) is 0 Å². The number of nitrogens with zero attached hydrogens (tertiary/aromatic N) is 4. The van der Waals surface area contributed by atoms with Crippen molar-refractivity contribution in [3.63, 3.8) is 0 Å². The van der Waals surface area contributed by atoms with Crippen LogP contribution < -0.4 is 4.90 Å². The SMILES string of the molecule is O=C1CCCCN1CC(=O)N1CCC[C@@H](N2CCN(c3ccccc3F)CC2)C1. The first-order valence-electron chi connectivity index (χ1n) is 10.9. The van der Waals surface area contributed by atoms with Gasteiger partial charge in [0.15, 0.2) is 0 Å². The number of likely N-dealkylation sites (tertiary alicyclic amines) is 2. The van der Waals surface area contributed by atoms with Crippen molar-refractivity contribution in [2.45, 2.75) is 38.1 Å². The summed E-state index contributed by atoms with van der Waals surface area (Å²) >= 11 is 0. The molecule has 0 aliphatic carbocycles. The number of hydrogen-bond acceptors (Lipinski definition) is 4. The summed E-state index contributed by atoms with van der Waals surface area (Å²) in [6, 6.07) is 7.31. The van der Waals surface area contributed by atoms with Crippen LogP contribution in [0.5, 0.6) is 0 Å². The highest BCUT2D eigenvalue weighted by Gasteiger charge is 2.31. The first-order chi connectivity index (χ1) is 14.1. The minimum absolute atomic E-state index is 0.0787. The molecule has 4 rings (SSSR count). The lowest BCUT2D eigenvalue weighted by molar-refractivity contribution is -0.143. The maximum atomic E-state index is 14.1. The van der Waals surface area contributed by atoms with Gasteiger partial charge in [0.05, 0.1) is 12.2 Å². The molecular formula is C22H31FN4O2. The molecule has 0 spiro atoms. The van der Waals surface area contributed by atoms with Gasteiger partial charge in [0, 0.05) is 58.3 Å². The number of hydrogen-bond donors (Lipinski definition) is 0. The minimum Gasteiger partial charge on any atom is -0.367 e. The number of benzene rings is 1. The zero-order valence-electron chi connectivity index (χ0n) is 17.1. The van der Waals surface area contributed by atoms with Gasteiger partial charge >= 0.3 is 0 Å². The van der Waals surface area contributed by atoms with E-state index >= 15 is 0 Å². The smallest absolute Gasteiger partial charge is 0.242 e. The second-order valence-electron chi connectivity index (χ2n) is 8.38. The maximum absolute atomic E-state index is 14.1. The topological polar surface area (TPSA) is 47.1 Å². The third-order valence-corrected chi connectivity index (χ3v) is 6.52. The van der Waals surface area contributed by atoms with Crippen molar-refractivity contribution in [1.82, 2.24) is 14.7 Å². The predicted octanol–water partition coefficient (Wildman–Crippen LogP) is 1.95. The summed E-state index contributed by atoms with van der Waals surface area (Å²) in [6.07, 6.45) is 4.59. The van der Waals surface area contributed by atoms with Crippen LogP contribution in [0.15, 0.2) is 24.3 Å². The lowest BCUT2D eigenvalue weighted by Gasteiger charge is -2.44. The Morgan fingerprint density at radius 2 is 1.79 bits per heavy atom. The molecule has 3 saturated heterocycles. The van der Waals surface area contributed by atoms with E-state index in [4.69, 9.17) is 0 Å². The van der Waals surface area contributed by atoms with Gasteiger partial charge in [0.25, 0.3) is 0 Å². The summed E-state index contributed by atoms with van der Waals surface area (Å²) < 4.78 is 14.1. The average molecular weight is 403 g/mol. The number of rotatable bonds is 4. The molecule has 2 amide bonds. The standard InChI is InChI=1S/C22H31FN4O2/c23-19-7-1-2-8-20(19)25-14-12-24(13-15-25)18-6-5-11-26(16-18)22(29)17-27-10-4-3-9-21(27)28/h1-2,7-8,18H,3-6,9-17H2/t18-/m1/s1. The molecule has 0 unspecified atom stereocenters. The van der Waals surface area contributed by atoms with Gasteiger partial charge in [-0.2, -0.15) is 0 Å². The number of anilines is 1. The molecule has 3 heterocycles. The van der Waals surface area contributed by atoms with E-state index < -0.39 is 0 Å². The normalized spacial score (nSPS) is 24.1. The fraction of sp³-hybridized carbons (Fsp3) is 0.636. The molecule has 1 aromatic rings. The first kappa shape index (κ1) is 20.1. The second-order valence-corrected chi connectivity index (χ2v) is 8.38. The Hall–Kier alpha value is -2.15. The number of piperidine rings is 2. The van der Waals surface area contributed by atoms with Crippen molar-refractivity contribution < 1.29 is 14.0 Å². The van der Waals surface area contributed by atoms with Gasteiger partial charge in [-0.25, -0.2) is 4.39 Å². The Bertz CT molecular complexity index is 735. The summed E-state index contributed by atoms with van der Waals surface area (Å²) in [4.78, 5) is 33.0. The van der Waals surface area contributed by atoms with E-state index in [-0.39, 0.29) is 24.2 Å². The monoisotopic (exact) mass is 402 g/mol. The summed E-state index contributed by atoms with van der Waals surface area (Å²) in [5, 5.41) is 0.